The Balaban J connectivity index is 1.72. The van der Waals surface area contributed by atoms with Crippen LogP contribution in [0.15, 0.2) is 67.0 Å². The van der Waals surface area contributed by atoms with Crippen LogP contribution in [0.25, 0.3) is 5.69 Å². The van der Waals surface area contributed by atoms with Gasteiger partial charge >= 0.3 is 15.5 Å². The first-order valence-electron chi connectivity index (χ1n) is 8.23. The molecule has 0 unspecified atom stereocenters. The fourth-order valence-electron chi connectivity index (χ4n) is 2.42. The first-order valence-corrected chi connectivity index (χ1v) is 9.71. The number of halogens is 3. The lowest BCUT2D eigenvalue weighted by molar-refractivity contribution is -0.0429. The molecule has 0 saturated heterocycles. The van der Waals surface area contributed by atoms with Crippen LogP contribution in [-0.4, -0.2) is 29.6 Å². The molecule has 0 aliphatic heterocycles. The molecule has 152 valence electrons. The van der Waals surface area contributed by atoms with Crippen molar-refractivity contribution >= 4 is 21.6 Å². The van der Waals surface area contributed by atoms with Gasteiger partial charge < -0.3 is 5.32 Å². The van der Waals surface area contributed by atoms with Crippen molar-refractivity contribution in [3.63, 3.8) is 0 Å². The number of carbonyl (C=O) groups excluding carboxylic acids is 1. The maximum atomic E-state index is 12.6. The number of benzene rings is 2. The van der Waals surface area contributed by atoms with Gasteiger partial charge in [0.05, 0.1) is 23.1 Å². The third-order valence-corrected chi connectivity index (χ3v) is 4.93. The number of hydrogen-bond donors (Lipinski definition) is 2. The van der Waals surface area contributed by atoms with Crippen LogP contribution in [0, 0.1) is 0 Å². The Kier molecular flexibility index (Phi) is 5.59. The Hall–Kier alpha value is -3.34. The molecule has 0 atom stereocenters. The highest BCUT2D eigenvalue weighted by Gasteiger charge is 2.46. The quantitative estimate of drug-likeness (QED) is 0.636. The van der Waals surface area contributed by atoms with Crippen molar-refractivity contribution in [2.45, 2.75) is 12.1 Å². The van der Waals surface area contributed by atoms with Crippen LogP contribution >= 0.6 is 0 Å². The van der Waals surface area contributed by atoms with Gasteiger partial charge in [-0.2, -0.15) is 26.7 Å². The van der Waals surface area contributed by atoms with E-state index in [1.54, 1.807) is 10.9 Å². The first-order chi connectivity index (χ1) is 13.7. The minimum absolute atomic E-state index is 0.0476. The molecule has 0 bridgehead atoms. The van der Waals surface area contributed by atoms with Gasteiger partial charge in [-0.3, -0.25) is 9.52 Å². The molecule has 0 aliphatic carbocycles. The minimum Gasteiger partial charge on any atom is -0.348 e. The second-order valence-electron chi connectivity index (χ2n) is 5.91. The minimum atomic E-state index is -5.64. The Labute approximate surface area is 164 Å². The molecule has 2 N–H and O–H groups in total. The molecule has 3 aromatic rings. The van der Waals surface area contributed by atoms with E-state index in [1.807, 2.05) is 30.3 Å². The smallest absolute Gasteiger partial charge is 0.348 e. The second kappa shape index (κ2) is 7.95. The number of rotatable bonds is 6. The highest BCUT2D eigenvalue weighted by molar-refractivity contribution is 7.93. The van der Waals surface area contributed by atoms with Crippen molar-refractivity contribution in [1.82, 2.24) is 15.1 Å². The van der Waals surface area contributed by atoms with Crippen LogP contribution in [0.1, 0.15) is 15.9 Å². The Morgan fingerprint density at radius 3 is 2.38 bits per heavy atom. The molecule has 0 fully saturated rings. The zero-order valence-electron chi connectivity index (χ0n) is 14.7. The van der Waals surface area contributed by atoms with Gasteiger partial charge in [0.15, 0.2) is 0 Å². The van der Waals surface area contributed by atoms with Gasteiger partial charge in [-0.1, -0.05) is 30.3 Å². The number of para-hydroxylation sites is 2. The highest BCUT2D eigenvalue weighted by Crippen LogP contribution is 2.27. The lowest BCUT2D eigenvalue weighted by Gasteiger charge is -2.13. The topological polar surface area (TPSA) is 93.1 Å². The summed E-state index contributed by atoms with van der Waals surface area (Å²) in [5, 5.41) is 6.72. The van der Waals surface area contributed by atoms with Crippen LogP contribution in [-0.2, 0) is 16.6 Å². The molecule has 0 spiro atoms. The van der Waals surface area contributed by atoms with Crippen molar-refractivity contribution < 1.29 is 26.4 Å². The van der Waals surface area contributed by atoms with Gasteiger partial charge in [0, 0.05) is 18.3 Å². The molecule has 0 aliphatic rings. The van der Waals surface area contributed by atoms with Gasteiger partial charge in [-0.15, -0.1) is 0 Å². The van der Waals surface area contributed by atoms with E-state index in [-0.39, 0.29) is 12.1 Å². The summed E-state index contributed by atoms with van der Waals surface area (Å²) in [6.07, 6.45) is 3.22. The SMILES string of the molecule is O=C(NCc1cnn(-c2ccccc2)c1)c1ccccc1NS(=O)(=O)C(F)(F)F. The molecule has 29 heavy (non-hydrogen) atoms. The van der Waals surface area contributed by atoms with Gasteiger partial charge in [0.2, 0.25) is 0 Å². The summed E-state index contributed by atoms with van der Waals surface area (Å²) in [5.41, 5.74) is -4.74. The number of amides is 1. The summed E-state index contributed by atoms with van der Waals surface area (Å²) < 4.78 is 63.5. The third-order valence-electron chi connectivity index (χ3n) is 3.83. The molecule has 7 nitrogen and oxygen atoms in total. The second-order valence-corrected chi connectivity index (χ2v) is 7.58. The summed E-state index contributed by atoms with van der Waals surface area (Å²) >= 11 is 0. The van der Waals surface area contributed by atoms with Crippen LogP contribution < -0.4 is 10.0 Å². The molecule has 0 radical (unpaired) electrons. The Morgan fingerprint density at radius 2 is 1.69 bits per heavy atom. The number of alkyl halides is 3. The van der Waals surface area contributed by atoms with E-state index >= 15 is 0 Å². The number of nitrogens with one attached hydrogen (secondary N) is 2. The molecule has 3 rings (SSSR count). The highest BCUT2D eigenvalue weighted by atomic mass is 32.2. The van der Waals surface area contributed by atoms with E-state index in [0.29, 0.717) is 5.56 Å². The van der Waals surface area contributed by atoms with E-state index in [2.05, 4.69) is 10.4 Å². The lowest BCUT2D eigenvalue weighted by atomic mass is 10.1. The van der Waals surface area contributed by atoms with Crippen molar-refractivity contribution in [2.24, 2.45) is 0 Å². The van der Waals surface area contributed by atoms with E-state index in [0.717, 1.165) is 11.8 Å². The Bertz CT molecular complexity index is 1110. The van der Waals surface area contributed by atoms with Crippen LogP contribution in [0.3, 0.4) is 0 Å². The van der Waals surface area contributed by atoms with Gasteiger partial charge in [-0.05, 0) is 24.3 Å². The molecular weight excluding hydrogens is 409 g/mol. The summed E-state index contributed by atoms with van der Waals surface area (Å²) in [6.45, 7) is 0.0476. The van der Waals surface area contributed by atoms with Crippen LogP contribution in [0.2, 0.25) is 0 Å². The normalized spacial score (nSPS) is 11.8. The first kappa shape index (κ1) is 20.4. The number of carbonyl (C=O) groups is 1. The van der Waals surface area contributed by atoms with Gasteiger partial charge in [0.25, 0.3) is 5.91 Å². The predicted octanol–water partition coefficient (Wildman–Crippen LogP) is 3.06. The van der Waals surface area contributed by atoms with Crippen LogP contribution in [0.4, 0.5) is 18.9 Å². The van der Waals surface area contributed by atoms with E-state index in [4.69, 9.17) is 0 Å². The molecule has 2 aromatic carbocycles. The standard InChI is InChI=1S/C18H15F3N4O3S/c19-18(20,21)29(27,28)24-16-9-5-4-8-15(16)17(26)22-10-13-11-23-25(12-13)14-6-2-1-3-7-14/h1-9,11-12,24H,10H2,(H,22,26). The number of nitrogens with zero attached hydrogens (tertiary/aromatic N) is 2. The van der Waals surface area contributed by atoms with E-state index in [9.17, 15) is 26.4 Å². The summed E-state index contributed by atoms with van der Waals surface area (Å²) in [6, 6.07) is 14.3. The maximum Gasteiger partial charge on any atom is 0.516 e. The summed E-state index contributed by atoms with van der Waals surface area (Å²) in [4.78, 5) is 12.4. The zero-order chi connectivity index (χ0) is 21.1. The molecule has 11 heteroatoms. The zero-order valence-corrected chi connectivity index (χ0v) is 15.5. The summed E-state index contributed by atoms with van der Waals surface area (Å²) in [7, 11) is -5.64. The number of anilines is 1. The molecule has 0 saturated carbocycles. The van der Waals surface area contributed by atoms with Crippen LogP contribution in [0.5, 0.6) is 0 Å². The summed E-state index contributed by atoms with van der Waals surface area (Å²) in [5.74, 6) is -0.738. The van der Waals surface area contributed by atoms with Crippen molar-refractivity contribution in [2.75, 3.05) is 4.72 Å². The largest absolute Gasteiger partial charge is 0.516 e. The molecule has 1 heterocycles. The molecule has 1 amide bonds. The molecular formula is C18H15F3N4O3S. The predicted molar refractivity (Wildman–Crippen MR) is 99.8 cm³/mol. The number of aromatic nitrogens is 2. The van der Waals surface area contributed by atoms with Crippen molar-refractivity contribution in [1.29, 1.82) is 0 Å². The van der Waals surface area contributed by atoms with Gasteiger partial charge in [-0.25, -0.2) is 4.68 Å². The number of sulfonamides is 1. The van der Waals surface area contributed by atoms with Gasteiger partial charge in [0.1, 0.15) is 0 Å². The van der Waals surface area contributed by atoms with Crippen molar-refractivity contribution in [3.05, 3.63) is 78.1 Å². The fourth-order valence-corrected chi connectivity index (χ4v) is 3.01. The van der Waals surface area contributed by atoms with E-state index < -0.39 is 27.1 Å². The lowest BCUT2D eigenvalue weighted by Crippen LogP contribution is -2.31. The maximum absolute atomic E-state index is 12.6. The average molecular weight is 424 g/mol. The number of hydrogen-bond acceptors (Lipinski definition) is 4. The van der Waals surface area contributed by atoms with E-state index in [1.165, 1.54) is 29.1 Å². The Morgan fingerprint density at radius 1 is 1.03 bits per heavy atom. The monoisotopic (exact) mass is 424 g/mol. The molecule has 1 aromatic heterocycles. The average Bonchev–Trinajstić information content (AvgIpc) is 3.15. The third kappa shape index (κ3) is 4.74. The fraction of sp³-hybridized carbons (Fsp3) is 0.111. The van der Waals surface area contributed by atoms with Crippen molar-refractivity contribution in [3.8, 4) is 5.69 Å².